The molecule has 7 heteroatoms. The predicted octanol–water partition coefficient (Wildman–Crippen LogP) is 1.52. The smallest absolute Gasteiger partial charge is 0.344 e. The van der Waals surface area contributed by atoms with E-state index in [9.17, 15) is 18.4 Å². The summed E-state index contributed by atoms with van der Waals surface area (Å²) < 4.78 is 28.2. The average molecular weight is 266 g/mol. The Morgan fingerprint density at radius 3 is 2.79 bits per heavy atom. The van der Waals surface area contributed by atoms with E-state index in [4.69, 9.17) is 5.11 Å². The third kappa shape index (κ3) is 1.61. The molecule has 19 heavy (non-hydrogen) atoms. The van der Waals surface area contributed by atoms with Gasteiger partial charge < -0.3 is 5.11 Å². The summed E-state index contributed by atoms with van der Waals surface area (Å²) in [6.07, 6.45) is 0.182. The van der Waals surface area contributed by atoms with E-state index in [0.29, 0.717) is 0 Å². The van der Waals surface area contributed by atoms with E-state index in [1.165, 1.54) is 18.3 Å². The van der Waals surface area contributed by atoms with Crippen LogP contribution in [0.1, 0.15) is 22.8 Å². The second-order valence-electron chi connectivity index (χ2n) is 4.36. The number of halogens is 2. The molecule has 2 atom stereocenters. The maximum atomic E-state index is 14.2. The first-order valence-electron chi connectivity index (χ1n) is 5.58. The molecule has 0 bridgehead atoms. The first-order chi connectivity index (χ1) is 9.02. The van der Waals surface area contributed by atoms with E-state index >= 15 is 0 Å². The van der Waals surface area contributed by atoms with Gasteiger partial charge in [0.15, 0.2) is 5.56 Å². The molecule has 0 aromatic carbocycles. The van der Waals surface area contributed by atoms with E-state index in [1.54, 1.807) is 0 Å². The summed E-state index contributed by atoms with van der Waals surface area (Å²) in [5, 5.41) is 8.90. The normalized spacial score (nSPS) is 21.6. The zero-order valence-electron chi connectivity index (χ0n) is 9.51. The van der Waals surface area contributed by atoms with Gasteiger partial charge in [-0.3, -0.25) is 9.36 Å². The van der Waals surface area contributed by atoms with E-state index in [0.717, 1.165) is 4.57 Å². The van der Waals surface area contributed by atoms with Crippen molar-refractivity contribution in [3.05, 3.63) is 40.1 Å². The van der Waals surface area contributed by atoms with Crippen molar-refractivity contribution < 1.29 is 18.7 Å². The maximum absolute atomic E-state index is 14.2. The van der Waals surface area contributed by atoms with Gasteiger partial charge >= 0.3 is 5.97 Å². The Bertz CT molecular complexity index is 756. The zero-order chi connectivity index (χ0) is 13.7. The van der Waals surface area contributed by atoms with Gasteiger partial charge in [0.1, 0.15) is 11.8 Å². The van der Waals surface area contributed by atoms with Crippen molar-refractivity contribution in [3.63, 3.8) is 0 Å². The van der Waals surface area contributed by atoms with Crippen LogP contribution in [-0.2, 0) is 0 Å². The van der Waals surface area contributed by atoms with Crippen molar-refractivity contribution in [2.24, 2.45) is 0 Å². The highest BCUT2D eigenvalue weighted by atomic mass is 19.1. The molecular formula is C12H8F2N2O3. The summed E-state index contributed by atoms with van der Waals surface area (Å²) in [7, 11) is 0. The largest absolute Gasteiger partial charge is 0.477 e. The van der Waals surface area contributed by atoms with Crippen LogP contribution in [0.4, 0.5) is 8.78 Å². The standard InChI is InChI=1S/C12H8F2N2O3/c13-6-4-7(6)16-10(14)8(12(18)19)9(17)5-2-1-3-15-11(5)16/h1-3,6-7H,4H2,(H,18,19)/t6-,7+/m0/s1. The fourth-order valence-corrected chi connectivity index (χ4v) is 2.12. The molecule has 3 rings (SSSR count). The van der Waals surface area contributed by atoms with Crippen LogP contribution in [0.2, 0.25) is 0 Å². The first kappa shape index (κ1) is 11.8. The Balaban J connectivity index is 2.46. The van der Waals surface area contributed by atoms with E-state index in [2.05, 4.69) is 4.98 Å². The van der Waals surface area contributed by atoms with Crippen LogP contribution in [0, 0.1) is 5.95 Å². The Labute approximate surface area is 105 Å². The molecule has 1 aliphatic rings. The summed E-state index contributed by atoms with van der Waals surface area (Å²) in [5.74, 6) is -2.91. The highest BCUT2D eigenvalue weighted by Crippen LogP contribution is 2.41. The molecule has 2 aromatic heterocycles. The number of hydrogen-bond acceptors (Lipinski definition) is 3. The molecule has 98 valence electrons. The van der Waals surface area contributed by atoms with Crippen molar-refractivity contribution in [2.45, 2.75) is 18.6 Å². The number of alkyl halides is 1. The van der Waals surface area contributed by atoms with Gasteiger partial charge in [-0.05, 0) is 12.1 Å². The van der Waals surface area contributed by atoms with Crippen molar-refractivity contribution in [2.75, 3.05) is 0 Å². The molecule has 1 aliphatic carbocycles. The monoisotopic (exact) mass is 266 g/mol. The molecule has 1 N–H and O–H groups in total. The Morgan fingerprint density at radius 2 is 2.21 bits per heavy atom. The van der Waals surface area contributed by atoms with E-state index < -0.39 is 35.1 Å². The Morgan fingerprint density at radius 1 is 1.53 bits per heavy atom. The minimum atomic E-state index is -1.67. The van der Waals surface area contributed by atoms with Crippen molar-refractivity contribution >= 4 is 17.0 Å². The van der Waals surface area contributed by atoms with Gasteiger partial charge in [-0.25, -0.2) is 14.2 Å². The van der Waals surface area contributed by atoms with Crippen molar-refractivity contribution in [3.8, 4) is 0 Å². The van der Waals surface area contributed by atoms with Gasteiger partial charge in [0, 0.05) is 12.6 Å². The van der Waals surface area contributed by atoms with Gasteiger partial charge in [-0.1, -0.05) is 0 Å². The summed E-state index contributed by atoms with van der Waals surface area (Å²) in [6.45, 7) is 0. The number of pyridine rings is 2. The summed E-state index contributed by atoms with van der Waals surface area (Å²) in [4.78, 5) is 26.8. The topological polar surface area (TPSA) is 72.2 Å². The van der Waals surface area contributed by atoms with Gasteiger partial charge in [0.2, 0.25) is 11.4 Å². The minimum Gasteiger partial charge on any atom is -0.477 e. The van der Waals surface area contributed by atoms with Crippen LogP contribution >= 0.6 is 0 Å². The summed E-state index contributed by atoms with van der Waals surface area (Å²) in [6, 6.07) is 2.00. The molecule has 0 spiro atoms. The molecular weight excluding hydrogens is 258 g/mol. The lowest BCUT2D eigenvalue weighted by atomic mass is 10.2. The lowest BCUT2D eigenvalue weighted by Crippen LogP contribution is -2.24. The summed E-state index contributed by atoms with van der Waals surface area (Å²) >= 11 is 0. The molecule has 0 saturated heterocycles. The number of carbonyl (C=O) groups is 1. The second-order valence-corrected chi connectivity index (χ2v) is 4.36. The van der Waals surface area contributed by atoms with Crippen LogP contribution in [-0.4, -0.2) is 26.8 Å². The molecule has 2 aromatic rings. The van der Waals surface area contributed by atoms with Gasteiger partial charge in [-0.15, -0.1) is 0 Å². The molecule has 0 amide bonds. The maximum Gasteiger partial charge on any atom is 0.344 e. The second kappa shape index (κ2) is 3.84. The molecule has 1 fully saturated rings. The molecule has 0 aliphatic heterocycles. The quantitative estimate of drug-likeness (QED) is 0.836. The Hall–Kier alpha value is -2.31. The van der Waals surface area contributed by atoms with Crippen LogP contribution in [0.5, 0.6) is 0 Å². The van der Waals surface area contributed by atoms with E-state index in [1.807, 2.05) is 0 Å². The molecule has 5 nitrogen and oxygen atoms in total. The fraction of sp³-hybridized carbons (Fsp3) is 0.250. The molecule has 1 saturated carbocycles. The first-order valence-corrected chi connectivity index (χ1v) is 5.58. The van der Waals surface area contributed by atoms with E-state index in [-0.39, 0.29) is 17.5 Å². The van der Waals surface area contributed by atoms with Gasteiger partial charge in [0.05, 0.1) is 11.4 Å². The molecule has 2 heterocycles. The third-order valence-electron chi connectivity index (χ3n) is 3.13. The zero-order valence-corrected chi connectivity index (χ0v) is 9.51. The number of aromatic nitrogens is 2. The van der Waals surface area contributed by atoms with Crippen LogP contribution < -0.4 is 5.43 Å². The molecule has 0 unspecified atom stereocenters. The van der Waals surface area contributed by atoms with Crippen molar-refractivity contribution in [1.82, 2.24) is 9.55 Å². The lowest BCUT2D eigenvalue weighted by molar-refractivity contribution is 0.0688. The number of nitrogens with zero attached hydrogens (tertiary/aromatic N) is 2. The third-order valence-corrected chi connectivity index (χ3v) is 3.13. The van der Waals surface area contributed by atoms with Crippen LogP contribution in [0.15, 0.2) is 23.1 Å². The predicted molar refractivity (Wildman–Crippen MR) is 61.5 cm³/mol. The summed E-state index contributed by atoms with van der Waals surface area (Å²) in [5.41, 5.74) is -1.94. The van der Waals surface area contributed by atoms with Crippen LogP contribution in [0.25, 0.3) is 11.0 Å². The number of aromatic carboxylic acids is 1. The fourth-order valence-electron chi connectivity index (χ4n) is 2.12. The number of carboxylic acids is 1. The molecule has 0 radical (unpaired) electrons. The minimum absolute atomic E-state index is 0.0274. The number of carboxylic acid groups (broad SMARTS) is 1. The number of rotatable bonds is 2. The Kier molecular flexibility index (Phi) is 2.38. The van der Waals surface area contributed by atoms with Crippen molar-refractivity contribution in [1.29, 1.82) is 0 Å². The number of hydrogen-bond donors (Lipinski definition) is 1. The van der Waals surface area contributed by atoms with Gasteiger partial charge in [-0.2, -0.15) is 4.39 Å². The van der Waals surface area contributed by atoms with Crippen LogP contribution in [0.3, 0.4) is 0 Å². The SMILES string of the molecule is O=C(O)c1c(F)n([C@@H]2C[C@@H]2F)c2ncccc2c1=O. The van der Waals surface area contributed by atoms with Gasteiger partial charge in [0.25, 0.3) is 0 Å². The number of fused-ring (bicyclic) bond motifs is 1. The average Bonchev–Trinajstić information content (AvgIpc) is 3.06. The highest BCUT2D eigenvalue weighted by molar-refractivity contribution is 5.92. The lowest BCUT2D eigenvalue weighted by Gasteiger charge is -2.11. The highest BCUT2D eigenvalue weighted by Gasteiger charge is 2.42.